The molecule has 2 aliphatic heterocycles. The number of halogens is 1. The van der Waals surface area contributed by atoms with E-state index in [1.165, 1.54) is 12.8 Å². The summed E-state index contributed by atoms with van der Waals surface area (Å²) in [7, 11) is 1.92. The number of carbonyl (C=O) groups excluding carboxylic acids is 2. The van der Waals surface area contributed by atoms with Gasteiger partial charge in [-0.2, -0.15) is 0 Å². The molecule has 0 saturated carbocycles. The van der Waals surface area contributed by atoms with E-state index in [0.717, 1.165) is 36.6 Å². The Morgan fingerprint density at radius 3 is 2.64 bits per heavy atom. The Morgan fingerprint density at radius 1 is 1.21 bits per heavy atom. The maximum Gasteiger partial charge on any atom is 0.234 e. The smallest absolute Gasteiger partial charge is 0.234 e. The molecule has 0 unspecified atom stereocenters. The van der Waals surface area contributed by atoms with Crippen LogP contribution in [-0.2, 0) is 9.59 Å². The summed E-state index contributed by atoms with van der Waals surface area (Å²) in [6.07, 6.45) is 3.98. The lowest BCUT2D eigenvalue weighted by Gasteiger charge is -2.29. The Morgan fingerprint density at radius 2 is 1.96 bits per heavy atom. The van der Waals surface area contributed by atoms with Gasteiger partial charge in [0.25, 0.3) is 0 Å². The van der Waals surface area contributed by atoms with Gasteiger partial charge in [-0.3, -0.25) is 19.4 Å². The SMILES string of the molecule is CN(CCN1CCCC1=O)CC(=O)NC[C@H](c1ccccc1Cl)N1CCCC1. The van der Waals surface area contributed by atoms with Crippen LogP contribution >= 0.6 is 11.6 Å². The molecule has 2 aliphatic rings. The van der Waals surface area contributed by atoms with Crippen LogP contribution in [0.3, 0.4) is 0 Å². The molecule has 28 heavy (non-hydrogen) atoms. The number of nitrogens with zero attached hydrogens (tertiary/aromatic N) is 3. The molecule has 2 amide bonds. The van der Waals surface area contributed by atoms with Crippen LogP contribution in [0.2, 0.25) is 5.02 Å². The van der Waals surface area contributed by atoms with E-state index in [-0.39, 0.29) is 17.9 Å². The van der Waals surface area contributed by atoms with Crippen LogP contribution < -0.4 is 5.32 Å². The molecule has 1 N–H and O–H groups in total. The monoisotopic (exact) mass is 406 g/mol. The van der Waals surface area contributed by atoms with Gasteiger partial charge in [0.1, 0.15) is 0 Å². The van der Waals surface area contributed by atoms with Crippen molar-refractivity contribution in [1.82, 2.24) is 20.0 Å². The highest BCUT2D eigenvalue weighted by atomic mass is 35.5. The fourth-order valence-corrected chi connectivity index (χ4v) is 4.32. The Bertz CT molecular complexity index is 678. The van der Waals surface area contributed by atoms with E-state index in [0.29, 0.717) is 32.6 Å². The van der Waals surface area contributed by atoms with Gasteiger partial charge in [0.15, 0.2) is 0 Å². The molecule has 6 nitrogen and oxygen atoms in total. The second-order valence-corrected chi connectivity index (χ2v) is 8.21. The highest BCUT2D eigenvalue weighted by Gasteiger charge is 2.26. The first-order chi connectivity index (χ1) is 13.5. The summed E-state index contributed by atoms with van der Waals surface area (Å²) in [6, 6.07) is 8.00. The summed E-state index contributed by atoms with van der Waals surface area (Å²) in [5.41, 5.74) is 1.08. The molecule has 1 aromatic carbocycles. The number of nitrogens with one attached hydrogen (secondary N) is 1. The molecule has 1 aromatic rings. The zero-order valence-corrected chi connectivity index (χ0v) is 17.5. The van der Waals surface area contributed by atoms with E-state index in [4.69, 9.17) is 11.6 Å². The lowest BCUT2D eigenvalue weighted by Crippen LogP contribution is -2.42. The van der Waals surface area contributed by atoms with Gasteiger partial charge in [0.05, 0.1) is 12.6 Å². The molecular weight excluding hydrogens is 376 g/mol. The topological polar surface area (TPSA) is 55.9 Å². The highest BCUT2D eigenvalue weighted by molar-refractivity contribution is 6.31. The Labute approximate surface area is 172 Å². The first-order valence-corrected chi connectivity index (χ1v) is 10.6. The largest absolute Gasteiger partial charge is 0.353 e. The van der Waals surface area contributed by atoms with Crippen molar-refractivity contribution in [2.24, 2.45) is 0 Å². The molecule has 0 bridgehead atoms. The van der Waals surface area contributed by atoms with E-state index in [1.54, 1.807) is 0 Å². The van der Waals surface area contributed by atoms with Gasteiger partial charge in [-0.05, 0) is 51.0 Å². The van der Waals surface area contributed by atoms with Gasteiger partial charge in [-0.1, -0.05) is 29.8 Å². The molecule has 3 rings (SSSR count). The molecular formula is C21H31ClN4O2. The normalized spacial score (nSPS) is 18.8. The predicted molar refractivity (Wildman–Crippen MR) is 111 cm³/mol. The molecule has 0 radical (unpaired) electrons. The molecule has 0 spiro atoms. The van der Waals surface area contributed by atoms with Crippen LogP contribution in [-0.4, -0.2) is 79.4 Å². The fourth-order valence-electron chi connectivity index (χ4n) is 4.06. The molecule has 0 aliphatic carbocycles. The van der Waals surface area contributed by atoms with E-state index in [2.05, 4.69) is 16.3 Å². The number of hydrogen-bond donors (Lipinski definition) is 1. The molecule has 7 heteroatoms. The minimum absolute atomic E-state index is 0.00602. The fraction of sp³-hybridized carbons (Fsp3) is 0.619. The van der Waals surface area contributed by atoms with Gasteiger partial charge in [0.2, 0.25) is 11.8 Å². The van der Waals surface area contributed by atoms with Crippen molar-refractivity contribution in [3.63, 3.8) is 0 Å². The second-order valence-electron chi connectivity index (χ2n) is 7.81. The van der Waals surface area contributed by atoms with Crippen molar-refractivity contribution in [2.45, 2.75) is 31.7 Å². The van der Waals surface area contributed by atoms with Crippen molar-refractivity contribution < 1.29 is 9.59 Å². The number of rotatable bonds is 9. The quantitative estimate of drug-likeness (QED) is 0.682. The minimum atomic E-state index is 0.00602. The summed E-state index contributed by atoms with van der Waals surface area (Å²) in [5.74, 6) is 0.234. The lowest BCUT2D eigenvalue weighted by molar-refractivity contribution is -0.127. The van der Waals surface area contributed by atoms with Crippen LogP contribution in [0.25, 0.3) is 0 Å². The zero-order valence-electron chi connectivity index (χ0n) is 16.7. The van der Waals surface area contributed by atoms with Crippen LogP contribution in [0.5, 0.6) is 0 Å². The van der Waals surface area contributed by atoms with Crippen molar-refractivity contribution in [1.29, 1.82) is 0 Å². The summed E-state index contributed by atoms with van der Waals surface area (Å²) in [6.45, 7) is 5.20. The van der Waals surface area contributed by atoms with Crippen molar-refractivity contribution in [2.75, 3.05) is 52.9 Å². The van der Waals surface area contributed by atoms with Crippen LogP contribution in [0.15, 0.2) is 24.3 Å². The van der Waals surface area contributed by atoms with E-state index < -0.39 is 0 Å². The van der Waals surface area contributed by atoms with Gasteiger partial charge in [0, 0.05) is 37.6 Å². The molecule has 2 heterocycles. The number of likely N-dealkylation sites (N-methyl/N-ethyl adjacent to an activating group) is 1. The predicted octanol–water partition coefficient (Wildman–Crippen LogP) is 2.15. The molecule has 154 valence electrons. The highest BCUT2D eigenvalue weighted by Crippen LogP contribution is 2.29. The van der Waals surface area contributed by atoms with E-state index in [1.807, 2.05) is 35.0 Å². The third-order valence-electron chi connectivity index (χ3n) is 5.67. The van der Waals surface area contributed by atoms with Gasteiger partial charge < -0.3 is 10.2 Å². The van der Waals surface area contributed by atoms with Crippen molar-refractivity contribution >= 4 is 23.4 Å². The zero-order chi connectivity index (χ0) is 19.9. The summed E-state index contributed by atoms with van der Waals surface area (Å²) < 4.78 is 0. The standard InChI is InChI=1S/C21H31ClN4O2/c1-24(13-14-26-12-6-9-21(26)28)16-20(27)23-15-19(25-10-4-5-11-25)17-7-2-3-8-18(17)22/h2-3,7-8,19H,4-6,9-16H2,1H3,(H,23,27)/t19-/m1/s1. The van der Waals surface area contributed by atoms with Gasteiger partial charge >= 0.3 is 0 Å². The third kappa shape index (κ3) is 5.69. The van der Waals surface area contributed by atoms with Crippen LogP contribution in [0.1, 0.15) is 37.3 Å². The van der Waals surface area contributed by atoms with Gasteiger partial charge in [-0.25, -0.2) is 0 Å². The Hall–Kier alpha value is -1.63. The van der Waals surface area contributed by atoms with E-state index in [9.17, 15) is 9.59 Å². The van der Waals surface area contributed by atoms with Crippen molar-refractivity contribution in [3.05, 3.63) is 34.9 Å². The van der Waals surface area contributed by atoms with Crippen LogP contribution in [0, 0.1) is 0 Å². The first-order valence-electron chi connectivity index (χ1n) is 10.3. The second kappa shape index (κ2) is 10.2. The molecule has 0 aromatic heterocycles. The Balaban J connectivity index is 1.49. The number of carbonyl (C=O) groups is 2. The molecule has 2 saturated heterocycles. The average Bonchev–Trinajstić information content (AvgIpc) is 3.33. The Kier molecular flexibility index (Phi) is 7.71. The molecule has 2 fully saturated rings. The first kappa shape index (κ1) is 21.1. The summed E-state index contributed by atoms with van der Waals surface area (Å²) in [4.78, 5) is 30.4. The van der Waals surface area contributed by atoms with Crippen LogP contribution in [0.4, 0.5) is 0 Å². The summed E-state index contributed by atoms with van der Waals surface area (Å²) in [5, 5.41) is 3.84. The third-order valence-corrected chi connectivity index (χ3v) is 6.02. The van der Waals surface area contributed by atoms with Crippen molar-refractivity contribution in [3.8, 4) is 0 Å². The van der Waals surface area contributed by atoms with Gasteiger partial charge in [-0.15, -0.1) is 0 Å². The maximum absolute atomic E-state index is 12.5. The molecule has 1 atom stereocenters. The number of benzene rings is 1. The number of hydrogen-bond acceptors (Lipinski definition) is 4. The van der Waals surface area contributed by atoms with E-state index >= 15 is 0 Å². The number of likely N-dealkylation sites (tertiary alicyclic amines) is 2. The minimum Gasteiger partial charge on any atom is -0.353 e. The maximum atomic E-state index is 12.5. The average molecular weight is 407 g/mol. The number of amides is 2. The summed E-state index contributed by atoms with van der Waals surface area (Å²) >= 11 is 6.43. The lowest BCUT2D eigenvalue weighted by atomic mass is 10.1.